The minimum Gasteiger partial charge on any atom is -0.294 e. The SMILES string of the molecule is CC12CCC(CC(=O)c3ccccc3)(CC1)CC2. The van der Waals surface area contributed by atoms with Gasteiger partial charge in [0.1, 0.15) is 0 Å². The van der Waals surface area contributed by atoms with Crippen molar-refractivity contribution in [3.63, 3.8) is 0 Å². The van der Waals surface area contributed by atoms with Crippen LogP contribution in [0.2, 0.25) is 0 Å². The number of ketones is 1. The van der Waals surface area contributed by atoms with Gasteiger partial charge in [-0.3, -0.25) is 4.79 Å². The van der Waals surface area contributed by atoms with Crippen molar-refractivity contribution in [2.75, 3.05) is 0 Å². The van der Waals surface area contributed by atoms with Crippen molar-refractivity contribution in [1.29, 1.82) is 0 Å². The first-order valence-corrected chi connectivity index (χ1v) is 7.19. The van der Waals surface area contributed by atoms with Crippen LogP contribution in [0, 0.1) is 10.8 Å². The normalized spacial score (nSPS) is 34.5. The summed E-state index contributed by atoms with van der Waals surface area (Å²) in [6.07, 6.45) is 8.55. The van der Waals surface area contributed by atoms with Gasteiger partial charge in [-0.15, -0.1) is 0 Å². The monoisotopic (exact) mass is 242 g/mol. The lowest BCUT2D eigenvalue weighted by Crippen LogP contribution is -2.41. The third-order valence-corrected chi connectivity index (χ3v) is 5.41. The summed E-state index contributed by atoms with van der Waals surface area (Å²) in [5.41, 5.74) is 1.83. The molecule has 1 nitrogen and oxygen atoms in total. The Balaban J connectivity index is 1.72. The predicted molar refractivity (Wildman–Crippen MR) is 73.6 cm³/mol. The summed E-state index contributed by atoms with van der Waals surface area (Å²) in [6.45, 7) is 2.43. The minimum atomic E-state index is 0.338. The van der Waals surface area contributed by atoms with E-state index in [1.165, 1.54) is 38.5 Å². The zero-order valence-corrected chi connectivity index (χ0v) is 11.2. The fourth-order valence-corrected chi connectivity index (χ4v) is 3.78. The highest BCUT2D eigenvalue weighted by molar-refractivity contribution is 5.96. The van der Waals surface area contributed by atoms with E-state index in [0.29, 0.717) is 16.6 Å². The van der Waals surface area contributed by atoms with E-state index in [1.54, 1.807) is 0 Å². The van der Waals surface area contributed by atoms with Gasteiger partial charge >= 0.3 is 0 Å². The maximum absolute atomic E-state index is 12.4. The first kappa shape index (κ1) is 12.0. The summed E-state index contributed by atoms with van der Waals surface area (Å²) in [4.78, 5) is 12.4. The van der Waals surface area contributed by atoms with Gasteiger partial charge in [-0.2, -0.15) is 0 Å². The van der Waals surface area contributed by atoms with E-state index in [0.717, 1.165) is 12.0 Å². The third kappa shape index (κ3) is 2.11. The van der Waals surface area contributed by atoms with Gasteiger partial charge in [0.15, 0.2) is 5.78 Å². The molecule has 0 heterocycles. The summed E-state index contributed by atoms with van der Waals surface area (Å²) < 4.78 is 0. The Kier molecular flexibility index (Phi) is 2.80. The number of carbonyl (C=O) groups is 1. The van der Waals surface area contributed by atoms with Crippen LogP contribution in [0.1, 0.15) is 62.2 Å². The summed E-state index contributed by atoms with van der Waals surface area (Å²) in [5, 5.41) is 0. The zero-order valence-electron chi connectivity index (χ0n) is 11.2. The van der Waals surface area contributed by atoms with Gasteiger partial charge in [0.2, 0.25) is 0 Å². The van der Waals surface area contributed by atoms with E-state index >= 15 is 0 Å². The molecular weight excluding hydrogens is 220 g/mol. The number of fused-ring (bicyclic) bond motifs is 3. The molecule has 0 atom stereocenters. The molecule has 2 bridgehead atoms. The fraction of sp³-hybridized carbons (Fsp3) is 0.588. The Bertz CT molecular complexity index is 421. The molecule has 4 rings (SSSR count). The van der Waals surface area contributed by atoms with Crippen molar-refractivity contribution in [2.45, 2.75) is 51.9 Å². The van der Waals surface area contributed by atoms with Crippen molar-refractivity contribution >= 4 is 5.78 Å². The Labute approximate surface area is 110 Å². The molecule has 0 radical (unpaired) electrons. The van der Waals surface area contributed by atoms with E-state index in [9.17, 15) is 4.79 Å². The Morgan fingerprint density at radius 1 is 1.00 bits per heavy atom. The van der Waals surface area contributed by atoms with E-state index in [1.807, 2.05) is 30.3 Å². The molecule has 0 N–H and O–H groups in total. The summed E-state index contributed by atoms with van der Waals surface area (Å²) >= 11 is 0. The van der Waals surface area contributed by atoms with Gasteiger partial charge in [0.05, 0.1) is 0 Å². The minimum absolute atomic E-state index is 0.338. The standard InChI is InChI=1S/C17H22O/c1-16-7-10-17(11-8-16,12-9-16)13-15(18)14-5-3-2-4-6-14/h2-6H,7-13H2,1H3. The van der Waals surface area contributed by atoms with Crippen LogP contribution < -0.4 is 0 Å². The molecule has 0 unspecified atom stereocenters. The third-order valence-electron chi connectivity index (χ3n) is 5.41. The van der Waals surface area contributed by atoms with Gasteiger partial charge < -0.3 is 0 Å². The van der Waals surface area contributed by atoms with Crippen molar-refractivity contribution in [3.05, 3.63) is 35.9 Å². The second kappa shape index (κ2) is 4.22. The average molecular weight is 242 g/mol. The van der Waals surface area contributed by atoms with E-state index in [2.05, 4.69) is 6.92 Å². The van der Waals surface area contributed by atoms with Crippen LogP contribution in [0.3, 0.4) is 0 Å². The molecular formula is C17H22O. The highest BCUT2D eigenvalue weighted by Crippen LogP contribution is 2.58. The average Bonchev–Trinajstić information content (AvgIpc) is 2.42. The van der Waals surface area contributed by atoms with Crippen molar-refractivity contribution < 1.29 is 4.79 Å². The van der Waals surface area contributed by atoms with Crippen molar-refractivity contribution in [1.82, 2.24) is 0 Å². The largest absolute Gasteiger partial charge is 0.294 e. The number of rotatable bonds is 3. The second-order valence-corrected chi connectivity index (χ2v) is 6.78. The Morgan fingerprint density at radius 2 is 1.56 bits per heavy atom. The lowest BCUT2D eigenvalue weighted by molar-refractivity contribution is 0.000207. The Hall–Kier alpha value is -1.11. The lowest BCUT2D eigenvalue weighted by atomic mass is 9.53. The first-order valence-electron chi connectivity index (χ1n) is 7.19. The quantitative estimate of drug-likeness (QED) is 0.707. The van der Waals surface area contributed by atoms with E-state index in [-0.39, 0.29) is 0 Å². The smallest absolute Gasteiger partial charge is 0.163 e. The molecule has 18 heavy (non-hydrogen) atoms. The van der Waals surface area contributed by atoms with Crippen LogP contribution in [-0.4, -0.2) is 5.78 Å². The molecule has 3 aliphatic carbocycles. The molecule has 3 fully saturated rings. The predicted octanol–water partition coefficient (Wildman–Crippen LogP) is 4.62. The number of Topliss-reactive ketones (excluding diaryl/α,β-unsaturated/α-hetero) is 1. The fourth-order valence-electron chi connectivity index (χ4n) is 3.78. The summed E-state index contributed by atoms with van der Waals surface area (Å²) in [6, 6.07) is 9.80. The molecule has 3 aliphatic rings. The molecule has 96 valence electrons. The van der Waals surface area contributed by atoms with Gasteiger partial charge in [-0.1, -0.05) is 37.3 Å². The van der Waals surface area contributed by atoms with Crippen LogP contribution in [0.15, 0.2) is 30.3 Å². The number of benzene rings is 1. The number of carbonyl (C=O) groups excluding carboxylic acids is 1. The van der Waals surface area contributed by atoms with Gasteiger partial charge in [0.25, 0.3) is 0 Å². The maximum Gasteiger partial charge on any atom is 0.163 e. The van der Waals surface area contributed by atoms with Gasteiger partial charge in [-0.25, -0.2) is 0 Å². The molecule has 0 aromatic heterocycles. The highest BCUT2D eigenvalue weighted by Gasteiger charge is 2.46. The number of hydrogen-bond acceptors (Lipinski definition) is 1. The van der Waals surface area contributed by atoms with Gasteiger partial charge in [0, 0.05) is 12.0 Å². The highest BCUT2D eigenvalue weighted by atomic mass is 16.1. The Morgan fingerprint density at radius 3 is 2.11 bits per heavy atom. The molecule has 0 aliphatic heterocycles. The topological polar surface area (TPSA) is 17.1 Å². The second-order valence-electron chi connectivity index (χ2n) is 6.78. The lowest BCUT2D eigenvalue weighted by Gasteiger charge is -2.52. The van der Waals surface area contributed by atoms with Crippen LogP contribution >= 0.6 is 0 Å². The van der Waals surface area contributed by atoms with Crippen LogP contribution in [0.4, 0.5) is 0 Å². The molecule has 1 aromatic carbocycles. The summed E-state index contributed by atoms with van der Waals surface area (Å²) in [5.74, 6) is 0.348. The molecule has 0 saturated heterocycles. The van der Waals surface area contributed by atoms with E-state index in [4.69, 9.17) is 0 Å². The van der Waals surface area contributed by atoms with Crippen molar-refractivity contribution in [2.24, 2.45) is 10.8 Å². The van der Waals surface area contributed by atoms with Crippen molar-refractivity contribution in [3.8, 4) is 0 Å². The first-order chi connectivity index (χ1) is 8.61. The number of hydrogen-bond donors (Lipinski definition) is 0. The molecule has 0 spiro atoms. The zero-order chi connectivity index (χ0) is 12.6. The molecule has 3 saturated carbocycles. The molecule has 1 aromatic rings. The van der Waals surface area contributed by atoms with Crippen LogP contribution in [-0.2, 0) is 0 Å². The van der Waals surface area contributed by atoms with E-state index < -0.39 is 0 Å². The van der Waals surface area contributed by atoms with Crippen LogP contribution in [0.5, 0.6) is 0 Å². The maximum atomic E-state index is 12.4. The van der Waals surface area contributed by atoms with Gasteiger partial charge in [-0.05, 0) is 49.4 Å². The van der Waals surface area contributed by atoms with Crippen LogP contribution in [0.25, 0.3) is 0 Å². The molecule has 0 amide bonds. The summed E-state index contributed by atoms with van der Waals surface area (Å²) in [7, 11) is 0. The molecule has 1 heteroatoms.